The molecule has 2 aromatic heterocycles. The topological polar surface area (TPSA) is 65.3 Å². The van der Waals surface area contributed by atoms with Crippen LogP contribution < -0.4 is 14.4 Å². The van der Waals surface area contributed by atoms with Crippen molar-refractivity contribution in [3.05, 3.63) is 60.6 Å². The average Bonchev–Trinajstić information content (AvgIpc) is 3.53. The summed E-state index contributed by atoms with van der Waals surface area (Å²) < 4.78 is 12.8. The molecule has 0 amide bonds. The highest BCUT2D eigenvalue weighted by Crippen LogP contribution is 2.38. The Morgan fingerprint density at radius 3 is 2.39 bits per heavy atom. The van der Waals surface area contributed by atoms with Crippen LogP contribution in [-0.4, -0.2) is 40.5 Å². The lowest BCUT2D eigenvalue weighted by Crippen LogP contribution is -2.20. The molecule has 0 atom stereocenters. The number of aryl methyl sites for hydroxylation is 1. The second-order valence-electron chi connectivity index (χ2n) is 7.93. The van der Waals surface area contributed by atoms with Gasteiger partial charge >= 0.3 is 0 Å². The molecule has 2 aromatic carbocycles. The number of fused-ring (bicyclic) bond motifs is 1. The smallest absolute Gasteiger partial charge is 0.172 e. The largest absolute Gasteiger partial charge is 0.497 e. The first kappa shape index (κ1) is 19.4. The summed E-state index contributed by atoms with van der Waals surface area (Å²) in [5.74, 6) is 2.94. The number of nitrogens with zero attached hydrogens (tertiary/aromatic N) is 5. The van der Waals surface area contributed by atoms with Gasteiger partial charge in [-0.2, -0.15) is 5.10 Å². The van der Waals surface area contributed by atoms with E-state index >= 15 is 0 Å². The Morgan fingerprint density at radius 1 is 0.968 bits per heavy atom. The summed E-state index contributed by atoms with van der Waals surface area (Å²) in [5.41, 5.74) is 4.73. The normalized spacial score (nSPS) is 13.4. The van der Waals surface area contributed by atoms with E-state index in [1.54, 1.807) is 25.1 Å². The molecule has 7 heteroatoms. The zero-order chi connectivity index (χ0) is 21.4. The summed E-state index contributed by atoms with van der Waals surface area (Å²) in [6, 6.07) is 14.2. The first-order chi connectivity index (χ1) is 15.1. The number of methoxy groups -OCH3 is 2. The van der Waals surface area contributed by atoms with Crippen LogP contribution in [0.15, 0.2) is 54.9 Å². The molecule has 1 aliphatic carbocycles. The van der Waals surface area contributed by atoms with Crippen molar-refractivity contribution in [3.8, 4) is 17.3 Å². The fourth-order valence-corrected chi connectivity index (χ4v) is 3.68. The van der Waals surface area contributed by atoms with E-state index in [2.05, 4.69) is 27.1 Å². The number of ether oxygens (including phenoxy) is 2. The van der Waals surface area contributed by atoms with Crippen molar-refractivity contribution in [1.29, 1.82) is 0 Å². The minimum atomic E-state index is 0.692. The van der Waals surface area contributed by atoms with E-state index < -0.39 is 0 Å². The van der Waals surface area contributed by atoms with Gasteiger partial charge in [-0.1, -0.05) is 0 Å². The van der Waals surface area contributed by atoms with E-state index in [-0.39, 0.29) is 0 Å². The van der Waals surface area contributed by atoms with E-state index in [0.717, 1.165) is 46.1 Å². The van der Waals surface area contributed by atoms with Gasteiger partial charge in [0.15, 0.2) is 5.82 Å². The monoisotopic (exact) mass is 415 g/mol. The van der Waals surface area contributed by atoms with E-state index in [1.807, 2.05) is 43.5 Å². The lowest BCUT2D eigenvalue weighted by molar-refractivity contribution is 0.394. The fraction of sp³-hybridized carbons (Fsp3) is 0.292. The van der Waals surface area contributed by atoms with Crippen molar-refractivity contribution >= 4 is 22.4 Å². The van der Waals surface area contributed by atoms with Crippen LogP contribution in [0.4, 0.5) is 11.4 Å². The summed E-state index contributed by atoms with van der Waals surface area (Å²) >= 11 is 0. The number of benzene rings is 2. The number of rotatable bonds is 7. The molecule has 0 spiro atoms. The molecular formula is C24H25N5O2. The van der Waals surface area contributed by atoms with Gasteiger partial charge in [0, 0.05) is 42.3 Å². The van der Waals surface area contributed by atoms with Gasteiger partial charge in [0.2, 0.25) is 0 Å². The van der Waals surface area contributed by atoms with Crippen LogP contribution in [0.3, 0.4) is 0 Å². The third kappa shape index (κ3) is 4.03. The van der Waals surface area contributed by atoms with Crippen molar-refractivity contribution in [3.63, 3.8) is 0 Å². The second-order valence-corrected chi connectivity index (χ2v) is 7.93. The first-order valence-electron chi connectivity index (χ1n) is 10.4. The molecule has 0 aliphatic heterocycles. The number of aromatic nitrogens is 4. The van der Waals surface area contributed by atoms with Gasteiger partial charge in [-0.3, -0.25) is 4.98 Å². The predicted molar refractivity (Wildman–Crippen MR) is 121 cm³/mol. The third-order valence-corrected chi connectivity index (χ3v) is 5.57. The Bertz CT molecular complexity index is 1210. The molecule has 5 rings (SSSR count). The third-order valence-electron chi connectivity index (χ3n) is 5.57. The number of hydrogen-bond donors (Lipinski definition) is 0. The molecule has 158 valence electrons. The average molecular weight is 415 g/mol. The van der Waals surface area contributed by atoms with E-state index in [1.165, 1.54) is 12.8 Å². The zero-order valence-electron chi connectivity index (χ0n) is 17.9. The Labute approximate surface area is 181 Å². The summed E-state index contributed by atoms with van der Waals surface area (Å²) in [7, 11) is 3.35. The Hall–Kier alpha value is -3.61. The van der Waals surface area contributed by atoms with Gasteiger partial charge in [-0.15, -0.1) is 0 Å². The lowest BCUT2D eigenvalue weighted by Gasteiger charge is -2.26. The molecule has 0 N–H and O–H groups in total. The van der Waals surface area contributed by atoms with E-state index in [0.29, 0.717) is 11.7 Å². The molecule has 1 saturated carbocycles. The SMILES string of the molecule is COc1cc(OC)cc(N(CC2CC2)c2ccc3ncc(-n4ccc(C)n4)nc3c2)c1. The van der Waals surface area contributed by atoms with E-state index in [9.17, 15) is 0 Å². The zero-order valence-corrected chi connectivity index (χ0v) is 17.9. The molecule has 31 heavy (non-hydrogen) atoms. The van der Waals surface area contributed by atoms with Gasteiger partial charge < -0.3 is 14.4 Å². The van der Waals surface area contributed by atoms with E-state index in [4.69, 9.17) is 14.5 Å². The van der Waals surface area contributed by atoms with Gasteiger partial charge in [0.25, 0.3) is 0 Å². The fourth-order valence-electron chi connectivity index (χ4n) is 3.68. The Morgan fingerprint density at radius 2 is 1.74 bits per heavy atom. The van der Waals surface area contributed by atoms with Gasteiger partial charge in [0.1, 0.15) is 11.5 Å². The Kier molecular flexibility index (Phi) is 4.94. The van der Waals surface area contributed by atoms with Crippen LogP contribution in [-0.2, 0) is 0 Å². The van der Waals surface area contributed by atoms with Crippen molar-refractivity contribution in [2.75, 3.05) is 25.7 Å². The summed E-state index contributed by atoms with van der Waals surface area (Å²) in [5, 5.41) is 4.45. The Balaban J connectivity index is 1.58. The predicted octanol–water partition coefficient (Wildman–Crippen LogP) is 4.69. The highest BCUT2D eigenvalue weighted by molar-refractivity contribution is 5.81. The minimum absolute atomic E-state index is 0.692. The molecule has 2 heterocycles. The van der Waals surface area contributed by atoms with Crippen LogP contribution >= 0.6 is 0 Å². The van der Waals surface area contributed by atoms with Crippen LogP contribution in [0.1, 0.15) is 18.5 Å². The minimum Gasteiger partial charge on any atom is -0.497 e. The summed E-state index contributed by atoms with van der Waals surface area (Å²) in [4.78, 5) is 11.7. The van der Waals surface area contributed by atoms with Gasteiger partial charge in [-0.25, -0.2) is 9.67 Å². The summed E-state index contributed by atoms with van der Waals surface area (Å²) in [6.45, 7) is 2.90. The van der Waals surface area contributed by atoms with Gasteiger partial charge in [0.05, 0.1) is 37.1 Å². The number of hydrogen-bond acceptors (Lipinski definition) is 6. The number of anilines is 2. The molecular weight excluding hydrogens is 390 g/mol. The van der Waals surface area contributed by atoms with Gasteiger partial charge in [-0.05, 0) is 49.9 Å². The molecule has 0 unspecified atom stereocenters. The van der Waals surface area contributed by atoms with Crippen molar-refractivity contribution < 1.29 is 9.47 Å². The lowest BCUT2D eigenvalue weighted by atomic mass is 10.2. The molecule has 0 radical (unpaired) electrons. The maximum Gasteiger partial charge on any atom is 0.172 e. The molecule has 7 nitrogen and oxygen atoms in total. The van der Waals surface area contributed by atoms with Crippen LogP contribution in [0.25, 0.3) is 16.9 Å². The van der Waals surface area contributed by atoms with Crippen molar-refractivity contribution in [2.45, 2.75) is 19.8 Å². The molecule has 1 aliphatic rings. The standard InChI is InChI=1S/C24H25N5O2/c1-16-8-9-29(27-16)24-14-25-22-7-6-18(12-23(22)26-24)28(15-17-4-5-17)19-10-20(30-2)13-21(11-19)31-3/h6-14,17H,4-5,15H2,1-3H3. The molecule has 1 fully saturated rings. The van der Waals surface area contributed by atoms with Crippen molar-refractivity contribution in [2.24, 2.45) is 5.92 Å². The highest BCUT2D eigenvalue weighted by Gasteiger charge is 2.26. The molecule has 0 saturated heterocycles. The maximum atomic E-state index is 5.50. The maximum absolute atomic E-state index is 5.50. The van der Waals surface area contributed by atoms with Crippen LogP contribution in [0.5, 0.6) is 11.5 Å². The van der Waals surface area contributed by atoms with Crippen LogP contribution in [0.2, 0.25) is 0 Å². The molecule has 4 aromatic rings. The molecule has 0 bridgehead atoms. The summed E-state index contributed by atoms with van der Waals surface area (Å²) in [6.07, 6.45) is 6.17. The highest BCUT2D eigenvalue weighted by atomic mass is 16.5. The first-order valence-corrected chi connectivity index (χ1v) is 10.4. The second kappa shape index (κ2) is 7.91. The van der Waals surface area contributed by atoms with Crippen molar-refractivity contribution in [1.82, 2.24) is 19.7 Å². The quantitative estimate of drug-likeness (QED) is 0.436. The van der Waals surface area contributed by atoms with Crippen LogP contribution in [0, 0.1) is 12.8 Å².